The van der Waals surface area contributed by atoms with Crippen LogP contribution >= 0.6 is 0 Å². The summed E-state index contributed by atoms with van der Waals surface area (Å²) in [6.07, 6.45) is 0. The first-order valence-corrected chi connectivity index (χ1v) is 9.41. The summed E-state index contributed by atoms with van der Waals surface area (Å²) in [5, 5.41) is 1.28. The number of nitrogens with zero attached hydrogens (tertiary/aromatic N) is 2. The van der Waals surface area contributed by atoms with Gasteiger partial charge in [-0.3, -0.25) is 14.4 Å². The molecule has 29 heavy (non-hydrogen) atoms. The summed E-state index contributed by atoms with van der Waals surface area (Å²) >= 11 is 0. The van der Waals surface area contributed by atoms with E-state index in [-0.39, 0.29) is 23.1 Å². The van der Waals surface area contributed by atoms with Crippen molar-refractivity contribution in [3.8, 4) is 5.75 Å². The molecule has 0 atom stereocenters. The number of ether oxygens (including phenoxy) is 1. The first-order chi connectivity index (χ1) is 14.1. The molecule has 1 aliphatic rings. The van der Waals surface area contributed by atoms with Gasteiger partial charge in [0.25, 0.3) is 17.4 Å². The standard InChI is InChI=1S/C22H21N3O4/c1-29-17-7-4-6-16(13-17)21(27)24-9-11-25(12-10-24)22(28)19-14-15-5-2-3-8-18(15)20(26)23-19/h2-8,13-14H,9-12H2,1H3,(H,23,26). The Bertz CT molecular complexity index is 1130. The highest BCUT2D eigenvalue weighted by Gasteiger charge is 2.26. The normalized spacial score (nSPS) is 14.1. The lowest BCUT2D eigenvalue weighted by Gasteiger charge is -2.34. The highest BCUT2D eigenvalue weighted by molar-refractivity contribution is 5.97. The maximum absolute atomic E-state index is 12.9. The molecule has 3 aromatic rings. The number of aromatic nitrogens is 1. The highest BCUT2D eigenvalue weighted by Crippen LogP contribution is 2.17. The quantitative estimate of drug-likeness (QED) is 0.742. The fraction of sp³-hybridized carbons (Fsp3) is 0.227. The van der Waals surface area contributed by atoms with Gasteiger partial charge in [-0.05, 0) is 35.7 Å². The number of methoxy groups -OCH3 is 1. The molecule has 1 N–H and O–H groups in total. The summed E-state index contributed by atoms with van der Waals surface area (Å²) in [5.41, 5.74) is 0.544. The zero-order chi connectivity index (χ0) is 20.4. The fourth-order valence-corrected chi connectivity index (χ4v) is 3.55. The minimum atomic E-state index is -0.279. The SMILES string of the molecule is COc1cccc(C(=O)N2CCN(C(=O)c3cc4ccccc4c(=O)[nH]3)CC2)c1. The monoisotopic (exact) mass is 391 g/mol. The summed E-state index contributed by atoms with van der Waals surface area (Å²) < 4.78 is 5.18. The van der Waals surface area contributed by atoms with Crippen molar-refractivity contribution in [1.29, 1.82) is 0 Å². The van der Waals surface area contributed by atoms with E-state index < -0.39 is 0 Å². The predicted octanol–water partition coefficient (Wildman–Crippen LogP) is 2.13. The first-order valence-electron chi connectivity index (χ1n) is 9.41. The van der Waals surface area contributed by atoms with Crippen LogP contribution in [0.2, 0.25) is 0 Å². The second-order valence-electron chi connectivity index (χ2n) is 6.92. The molecule has 1 fully saturated rings. The first kappa shape index (κ1) is 18.7. The van der Waals surface area contributed by atoms with Gasteiger partial charge < -0.3 is 19.5 Å². The van der Waals surface area contributed by atoms with E-state index >= 15 is 0 Å². The number of fused-ring (bicyclic) bond motifs is 1. The van der Waals surface area contributed by atoms with Crippen LogP contribution < -0.4 is 10.3 Å². The average molecular weight is 391 g/mol. The fourth-order valence-electron chi connectivity index (χ4n) is 3.55. The number of hydrogen-bond acceptors (Lipinski definition) is 4. The summed E-state index contributed by atoms with van der Waals surface area (Å²) in [6.45, 7) is 1.67. The van der Waals surface area contributed by atoms with E-state index in [2.05, 4.69) is 4.98 Å². The topological polar surface area (TPSA) is 82.7 Å². The van der Waals surface area contributed by atoms with Crippen molar-refractivity contribution in [2.45, 2.75) is 0 Å². The van der Waals surface area contributed by atoms with Crippen LogP contribution in [-0.2, 0) is 0 Å². The van der Waals surface area contributed by atoms with Crippen LogP contribution in [0.25, 0.3) is 10.8 Å². The Hall–Kier alpha value is -3.61. The Morgan fingerprint density at radius 2 is 1.59 bits per heavy atom. The van der Waals surface area contributed by atoms with Crippen LogP contribution in [0.3, 0.4) is 0 Å². The van der Waals surface area contributed by atoms with E-state index in [1.165, 1.54) is 0 Å². The number of piperazine rings is 1. The molecule has 4 rings (SSSR count). The maximum Gasteiger partial charge on any atom is 0.270 e. The third-order valence-corrected chi connectivity index (χ3v) is 5.15. The second-order valence-corrected chi connectivity index (χ2v) is 6.92. The summed E-state index contributed by atoms with van der Waals surface area (Å²) in [7, 11) is 1.56. The van der Waals surface area contributed by atoms with Crippen LogP contribution in [0.5, 0.6) is 5.75 Å². The number of carbonyl (C=O) groups is 2. The molecule has 0 spiro atoms. The molecule has 7 heteroatoms. The predicted molar refractivity (Wildman–Crippen MR) is 109 cm³/mol. The molecule has 2 aromatic carbocycles. The molecule has 2 heterocycles. The molecule has 1 saturated heterocycles. The summed E-state index contributed by atoms with van der Waals surface area (Å²) in [5.74, 6) is 0.307. The third kappa shape index (κ3) is 3.71. The van der Waals surface area contributed by atoms with Crippen molar-refractivity contribution in [3.63, 3.8) is 0 Å². The number of H-pyrrole nitrogens is 1. The smallest absolute Gasteiger partial charge is 0.270 e. The molecule has 0 bridgehead atoms. The van der Waals surface area contributed by atoms with E-state index in [0.717, 1.165) is 5.39 Å². The Kier molecular flexibility index (Phi) is 5.03. The number of amides is 2. The Balaban J connectivity index is 1.46. The summed E-state index contributed by atoms with van der Waals surface area (Å²) in [6, 6.07) is 15.9. The van der Waals surface area contributed by atoms with E-state index in [9.17, 15) is 14.4 Å². The molecule has 1 aromatic heterocycles. The van der Waals surface area contributed by atoms with Crippen LogP contribution in [-0.4, -0.2) is 59.9 Å². The van der Waals surface area contributed by atoms with Gasteiger partial charge in [0, 0.05) is 37.1 Å². The lowest BCUT2D eigenvalue weighted by atomic mass is 10.1. The number of nitrogens with one attached hydrogen (secondary N) is 1. The third-order valence-electron chi connectivity index (χ3n) is 5.15. The van der Waals surface area contributed by atoms with Gasteiger partial charge in [-0.15, -0.1) is 0 Å². The van der Waals surface area contributed by atoms with Crippen molar-refractivity contribution >= 4 is 22.6 Å². The van der Waals surface area contributed by atoms with Gasteiger partial charge in [-0.1, -0.05) is 24.3 Å². The minimum Gasteiger partial charge on any atom is -0.497 e. The zero-order valence-electron chi connectivity index (χ0n) is 16.1. The summed E-state index contributed by atoms with van der Waals surface area (Å²) in [4.78, 5) is 43.9. The van der Waals surface area contributed by atoms with Crippen LogP contribution in [0, 0.1) is 0 Å². The Morgan fingerprint density at radius 1 is 0.897 bits per heavy atom. The van der Waals surface area contributed by atoms with Crippen molar-refractivity contribution in [2.24, 2.45) is 0 Å². The van der Waals surface area contributed by atoms with E-state index in [0.29, 0.717) is 42.9 Å². The Morgan fingerprint density at radius 3 is 2.31 bits per heavy atom. The van der Waals surface area contributed by atoms with Crippen molar-refractivity contribution in [1.82, 2.24) is 14.8 Å². The molecular weight excluding hydrogens is 370 g/mol. The largest absolute Gasteiger partial charge is 0.497 e. The van der Waals surface area contributed by atoms with E-state index in [1.807, 2.05) is 12.1 Å². The second kappa shape index (κ2) is 7.79. The Labute approximate surface area is 167 Å². The molecule has 2 amide bonds. The van der Waals surface area contributed by atoms with Crippen LogP contribution in [0.4, 0.5) is 0 Å². The number of benzene rings is 2. The van der Waals surface area contributed by atoms with Gasteiger partial charge in [-0.2, -0.15) is 0 Å². The molecule has 0 unspecified atom stereocenters. The van der Waals surface area contributed by atoms with Gasteiger partial charge >= 0.3 is 0 Å². The number of aromatic amines is 1. The molecule has 7 nitrogen and oxygen atoms in total. The van der Waals surface area contributed by atoms with Crippen molar-refractivity contribution in [3.05, 3.63) is 76.2 Å². The number of carbonyl (C=O) groups excluding carboxylic acids is 2. The maximum atomic E-state index is 12.9. The van der Waals surface area contributed by atoms with Crippen molar-refractivity contribution < 1.29 is 14.3 Å². The minimum absolute atomic E-state index is 0.0879. The van der Waals surface area contributed by atoms with Gasteiger partial charge in [0.05, 0.1) is 7.11 Å². The zero-order valence-corrected chi connectivity index (χ0v) is 16.1. The molecule has 0 aliphatic carbocycles. The van der Waals surface area contributed by atoms with Crippen LogP contribution in [0.1, 0.15) is 20.8 Å². The average Bonchev–Trinajstić information content (AvgIpc) is 2.78. The molecular formula is C22H21N3O4. The molecule has 0 saturated carbocycles. The molecule has 1 aliphatic heterocycles. The number of pyridine rings is 1. The molecule has 0 radical (unpaired) electrons. The van der Waals surface area contributed by atoms with Gasteiger partial charge in [0.15, 0.2) is 0 Å². The van der Waals surface area contributed by atoms with E-state index in [4.69, 9.17) is 4.74 Å². The van der Waals surface area contributed by atoms with Gasteiger partial charge in [0.2, 0.25) is 0 Å². The highest BCUT2D eigenvalue weighted by atomic mass is 16.5. The molecule has 148 valence electrons. The van der Waals surface area contributed by atoms with E-state index in [1.54, 1.807) is 59.4 Å². The van der Waals surface area contributed by atoms with Crippen molar-refractivity contribution in [2.75, 3.05) is 33.3 Å². The number of hydrogen-bond donors (Lipinski definition) is 1. The van der Waals surface area contributed by atoms with Crippen LogP contribution in [0.15, 0.2) is 59.4 Å². The lowest BCUT2D eigenvalue weighted by molar-refractivity contribution is 0.0532. The number of rotatable bonds is 3. The lowest BCUT2D eigenvalue weighted by Crippen LogP contribution is -2.50. The van der Waals surface area contributed by atoms with Gasteiger partial charge in [0.1, 0.15) is 11.4 Å². The van der Waals surface area contributed by atoms with Gasteiger partial charge in [-0.25, -0.2) is 0 Å².